The summed E-state index contributed by atoms with van der Waals surface area (Å²) in [4.78, 5) is 39.2. The van der Waals surface area contributed by atoms with Crippen molar-refractivity contribution in [3.05, 3.63) is 29.3 Å². The number of nitrogens with one attached hydrogen (secondary N) is 1. The number of carboxylic acids is 1. The SMILES string of the molecule is C=NOCCOCCOCCNC(=O)c1cc(COC(=O)F)ccc1OC1CC(O)CC(C(=O)O)O1.CC.CC. The van der Waals surface area contributed by atoms with Crippen LogP contribution in [0.5, 0.6) is 5.75 Å². The fraction of sp³-hybridized carbons (Fsp3) is 0.615. The van der Waals surface area contributed by atoms with Gasteiger partial charge in [-0.25, -0.2) is 9.59 Å². The summed E-state index contributed by atoms with van der Waals surface area (Å²) in [6.07, 6.45) is -5.47. The molecule has 1 saturated heterocycles. The van der Waals surface area contributed by atoms with E-state index in [-0.39, 0.29) is 50.5 Å². The highest BCUT2D eigenvalue weighted by Gasteiger charge is 2.34. The summed E-state index contributed by atoms with van der Waals surface area (Å²) in [6, 6.07) is 4.13. The Bertz CT molecular complexity index is 888. The van der Waals surface area contributed by atoms with Gasteiger partial charge in [0.15, 0.2) is 6.10 Å². The second kappa shape index (κ2) is 22.5. The second-order valence-corrected chi connectivity index (χ2v) is 7.44. The van der Waals surface area contributed by atoms with Crippen molar-refractivity contribution in [2.45, 2.75) is 65.6 Å². The summed E-state index contributed by atoms with van der Waals surface area (Å²) in [5.74, 6) is -1.81. The molecule has 228 valence electrons. The van der Waals surface area contributed by atoms with E-state index in [1.807, 2.05) is 27.7 Å². The lowest BCUT2D eigenvalue weighted by Gasteiger charge is -2.31. The van der Waals surface area contributed by atoms with E-state index in [1.165, 1.54) is 18.2 Å². The minimum atomic E-state index is -1.98. The Morgan fingerprint density at radius 3 is 2.35 bits per heavy atom. The number of carboxylic acid groups (broad SMARTS) is 1. The first-order valence-electron chi connectivity index (χ1n) is 13.0. The Labute approximate surface area is 233 Å². The zero-order valence-electron chi connectivity index (χ0n) is 23.4. The van der Waals surface area contributed by atoms with E-state index in [2.05, 4.69) is 26.8 Å². The Hall–Kier alpha value is -3.33. The zero-order chi connectivity index (χ0) is 30.3. The molecule has 1 fully saturated rings. The minimum Gasteiger partial charge on any atom is -0.479 e. The van der Waals surface area contributed by atoms with Gasteiger partial charge >= 0.3 is 12.2 Å². The van der Waals surface area contributed by atoms with Crippen molar-refractivity contribution in [2.24, 2.45) is 5.16 Å². The van der Waals surface area contributed by atoms with Gasteiger partial charge in [0.2, 0.25) is 6.29 Å². The van der Waals surface area contributed by atoms with Crippen LogP contribution in [-0.4, -0.2) is 93.1 Å². The van der Waals surface area contributed by atoms with Crippen LogP contribution in [0.3, 0.4) is 0 Å². The summed E-state index contributed by atoms with van der Waals surface area (Å²) < 4.78 is 38.4. The number of carbonyl (C=O) groups is 3. The number of oxime groups is 1. The maximum absolute atomic E-state index is 12.8. The number of nitrogens with zero attached hydrogens (tertiary/aromatic N) is 1. The molecule has 13 nitrogen and oxygen atoms in total. The second-order valence-electron chi connectivity index (χ2n) is 7.44. The molecule has 1 aliphatic rings. The third kappa shape index (κ3) is 15.3. The normalized spacial score (nSPS) is 17.6. The van der Waals surface area contributed by atoms with Gasteiger partial charge in [-0.05, 0) is 17.7 Å². The summed E-state index contributed by atoms with van der Waals surface area (Å²) in [5, 5.41) is 25.0. The first-order chi connectivity index (χ1) is 19.3. The van der Waals surface area contributed by atoms with Gasteiger partial charge in [0.1, 0.15) is 19.0 Å². The first-order valence-corrected chi connectivity index (χ1v) is 13.0. The van der Waals surface area contributed by atoms with Gasteiger partial charge in [-0.15, -0.1) is 9.55 Å². The van der Waals surface area contributed by atoms with Gasteiger partial charge in [0.05, 0.1) is 38.1 Å². The van der Waals surface area contributed by atoms with Gasteiger partial charge < -0.3 is 44.1 Å². The molecular weight excluding hydrogens is 535 g/mol. The molecule has 2 rings (SSSR count). The molecule has 1 heterocycles. The highest BCUT2D eigenvalue weighted by molar-refractivity contribution is 5.97. The molecule has 1 aromatic rings. The molecule has 1 aromatic carbocycles. The van der Waals surface area contributed by atoms with Crippen LogP contribution < -0.4 is 10.1 Å². The predicted octanol–water partition coefficient (Wildman–Crippen LogP) is 3.07. The van der Waals surface area contributed by atoms with Crippen molar-refractivity contribution in [2.75, 3.05) is 39.6 Å². The average Bonchev–Trinajstić information content (AvgIpc) is 2.95. The van der Waals surface area contributed by atoms with Crippen molar-refractivity contribution in [3.8, 4) is 5.75 Å². The van der Waals surface area contributed by atoms with Gasteiger partial charge in [-0.3, -0.25) is 4.79 Å². The van der Waals surface area contributed by atoms with Crippen LogP contribution >= 0.6 is 0 Å². The Balaban J connectivity index is 0.00000363. The summed E-state index contributed by atoms with van der Waals surface area (Å²) in [6.45, 7) is 12.2. The largest absolute Gasteiger partial charge is 0.495 e. The lowest BCUT2D eigenvalue weighted by atomic mass is 10.0. The number of carbonyl (C=O) groups excluding carboxylic acids is 2. The van der Waals surface area contributed by atoms with E-state index in [1.54, 1.807) is 0 Å². The number of rotatable bonds is 16. The molecule has 0 aromatic heterocycles. The van der Waals surface area contributed by atoms with Crippen molar-refractivity contribution in [1.82, 2.24) is 5.32 Å². The monoisotopic (exact) mass is 576 g/mol. The van der Waals surface area contributed by atoms with E-state index in [0.29, 0.717) is 18.8 Å². The molecule has 0 spiro atoms. The number of aliphatic carboxylic acids is 1. The quantitative estimate of drug-likeness (QED) is 0.114. The van der Waals surface area contributed by atoms with E-state index in [9.17, 15) is 29.0 Å². The minimum absolute atomic E-state index is 0.00268. The van der Waals surface area contributed by atoms with Gasteiger partial charge in [0, 0.05) is 26.1 Å². The van der Waals surface area contributed by atoms with E-state index in [0.717, 1.165) is 0 Å². The molecule has 0 radical (unpaired) electrons. The van der Waals surface area contributed by atoms with Gasteiger partial charge in [0.25, 0.3) is 5.91 Å². The molecule has 3 unspecified atom stereocenters. The number of hydrogen-bond donors (Lipinski definition) is 3. The highest BCUT2D eigenvalue weighted by atomic mass is 19.1. The van der Waals surface area contributed by atoms with Gasteiger partial charge in [-0.2, -0.15) is 0 Å². The number of ether oxygens (including phenoxy) is 5. The number of amides is 1. The first kappa shape index (κ1) is 36.7. The van der Waals surface area contributed by atoms with E-state index >= 15 is 0 Å². The molecule has 14 heteroatoms. The van der Waals surface area contributed by atoms with Crippen LogP contribution in [0.2, 0.25) is 0 Å². The summed E-state index contributed by atoms with van der Waals surface area (Å²) >= 11 is 0. The topological polar surface area (TPSA) is 171 Å². The summed E-state index contributed by atoms with van der Waals surface area (Å²) in [7, 11) is 0. The average molecular weight is 577 g/mol. The third-order valence-corrected chi connectivity index (χ3v) is 4.76. The number of halogens is 1. The van der Waals surface area contributed by atoms with Crippen LogP contribution in [0.4, 0.5) is 9.18 Å². The van der Waals surface area contributed by atoms with Crippen molar-refractivity contribution in [1.29, 1.82) is 0 Å². The molecule has 40 heavy (non-hydrogen) atoms. The lowest BCUT2D eigenvalue weighted by molar-refractivity contribution is -0.195. The molecule has 1 aliphatic heterocycles. The van der Waals surface area contributed by atoms with E-state index in [4.69, 9.17) is 18.9 Å². The fourth-order valence-corrected chi connectivity index (χ4v) is 3.14. The van der Waals surface area contributed by atoms with Crippen LogP contribution in [0.25, 0.3) is 0 Å². The van der Waals surface area contributed by atoms with Crippen molar-refractivity contribution >= 4 is 24.8 Å². The van der Waals surface area contributed by atoms with Crippen LogP contribution in [0.15, 0.2) is 23.4 Å². The maximum atomic E-state index is 12.8. The molecule has 1 amide bonds. The van der Waals surface area contributed by atoms with E-state index < -0.39 is 43.2 Å². The molecular formula is C26H41FN2O11. The standard InChI is InChI=1S/C22H29FN2O11.2C2H6/c1-24-34-9-8-32-7-6-31-5-4-25-20(27)16-10-14(13-33-22(23)30)2-3-17(16)35-19-12-15(26)11-18(36-19)21(28)29;2*1-2/h2-3,10,15,18-19,26H,1,4-9,11-13H2,(H,25,27)(H,28,29);2*1-2H3. The molecule has 3 N–H and O–H groups in total. The maximum Gasteiger partial charge on any atom is 0.495 e. The van der Waals surface area contributed by atoms with Crippen molar-refractivity contribution in [3.63, 3.8) is 0 Å². The smallest absolute Gasteiger partial charge is 0.479 e. The molecule has 0 saturated carbocycles. The zero-order valence-corrected chi connectivity index (χ0v) is 23.4. The fourth-order valence-electron chi connectivity index (χ4n) is 3.14. The third-order valence-electron chi connectivity index (χ3n) is 4.76. The Morgan fingerprint density at radius 1 is 1.07 bits per heavy atom. The van der Waals surface area contributed by atoms with Gasteiger partial charge in [-0.1, -0.05) is 33.8 Å². The van der Waals surface area contributed by atoms with Crippen LogP contribution in [0, 0.1) is 0 Å². The Kier molecular flexibility index (Phi) is 20.6. The summed E-state index contributed by atoms with van der Waals surface area (Å²) in [5.41, 5.74) is 0.299. The number of hydrogen-bond acceptors (Lipinski definition) is 11. The number of aliphatic hydroxyl groups is 1. The van der Waals surface area contributed by atoms with Crippen LogP contribution in [0.1, 0.15) is 56.5 Å². The molecule has 0 aliphatic carbocycles. The number of aliphatic hydroxyl groups excluding tert-OH is 1. The highest BCUT2D eigenvalue weighted by Crippen LogP contribution is 2.27. The Morgan fingerprint density at radius 2 is 1.73 bits per heavy atom. The lowest BCUT2D eigenvalue weighted by Crippen LogP contribution is -2.42. The molecule has 3 atom stereocenters. The molecule has 0 bridgehead atoms. The number of benzene rings is 1. The van der Waals surface area contributed by atoms with Crippen LogP contribution in [-0.2, 0) is 35.2 Å². The van der Waals surface area contributed by atoms with Crippen molar-refractivity contribution < 1.29 is 57.5 Å². The predicted molar refractivity (Wildman–Crippen MR) is 142 cm³/mol.